The third-order valence-corrected chi connectivity index (χ3v) is 5.93. The Morgan fingerprint density at radius 1 is 1.14 bits per heavy atom. The zero-order valence-electron chi connectivity index (χ0n) is 16.6. The summed E-state index contributed by atoms with van der Waals surface area (Å²) >= 11 is 0. The van der Waals surface area contributed by atoms with E-state index in [1.807, 2.05) is 29.8 Å². The summed E-state index contributed by atoms with van der Waals surface area (Å²) in [5.74, 6) is 1.11. The Balaban J connectivity index is 2.02. The van der Waals surface area contributed by atoms with E-state index in [0.717, 1.165) is 43.4 Å². The Bertz CT molecular complexity index is 1120. The van der Waals surface area contributed by atoms with Crippen molar-refractivity contribution in [2.45, 2.75) is 51.0 Å². The molecule has 0 atom stereocenters. The zero-order chi connectivity index (χ0) is 19.7. The first-order valence-electron chi connectivity index (χ1n) is 10.1. The van der Waals surface area contributed by atoms with E-state index in [1.165, 1.54) is 6.42 Å². The van der Waals surface area contributed by atoms with Gasteiger partial charge in [-0.05, 0) is 31.4 Å². The van der Waals surface area contributed by atoms with Crippen LogP contribution in [-0.4, -0.2) is 27.8 Å². The number of hydrogen-bond acceptors (Lipinski definition) is 4. The first kappa shape index (κ1) is 18.9. The van der Waals surface area contributed by atoms with E-state index in [2.05, 4.69) is 0 Å². The molecule has 0 bridgehead atoms. The average Bonchev–Trinajstić information content (AvgIpc) is 2.73. The van der Waals surface area contributed by atoms with Crippen LogP contribution in [0, 0.1) is 0 Å². The second-order valence-corrected chi connectivity index (χ2v) is 7.71. The Hall–Kier alpha value is -2.47. The summed E-state index contributed by atoms with van der Waals surface area (Å²) in [6, 6.07) is 7.42. The lowest BCUT2D eigenvalue weighted by molar-refractivity contribution is 0.189. The topological polar surface area (TPSA) is 66.1 Å². The Morgan fingerprint density at radius 3 is 2.64 bits per heavy atom. The summed E-state index contributed by atoms with van der Waals surface area (Å²) in [6.07, 6.45) is 6.37. The fourth-order valence-electron chi connectivity index (χ4n) is 4.46. The number of pyridine rings is 1. The molecule has 1 aliphatic rings. The van der Waals surface area contributed by atoms with Gasteiger partial charge in [-0.2, -0.15) is 0 Å². The van der Waals surface area contributed by atoms with Crippen LogP contribution in [-0.2, 0) is 18.3 Å². The molecule has 0 unspecified atom stereocenters. The van der Waals surface area contributed by atoms with Crippen molar-refractivity contribution in [2.24, 2.45) is 7.05 Å². The highest BCUT2D eigenvalue weighted by molar-refractivity contribution is 5.91. The number of ether oxygens (including phenoxy) is 1. The number of para-hydroxylation sites is 1. The van der Waals surface area contributed by atoms with E-state index in [-0.39, 0.29) is 22.3 Å². The lowest BCUT2D eigenvalue weighted by Crippen LogP contribution is -2.32. The van der Waals surface area contributed by atoms with E-state index in [9.17, 15) is 9.59 Å². The van der Waals surface area contributed by atoms with E-state index in [1.54, 1.807) is 17.7 Å². The summed E-state index contributed by atoms with van der Waals surface area (Å²) in [4.78, 5) is 31.5. The number of methoxy groups -OCH3 is 1. The van der Waals surface area contributed by atoms with Gasteiger partial charge in [-0.15, -0.1) is 0 Å². The minimum atomic E-state index is -0.225. The number of fused-ring (bicyclic) bond motifs is 2. The molecule has 0 saturated heterocycles. The highest BCUT2D eigenvalue weighted by Gasteiger charge is 2.24. The summed E-state index contributed by atoms with van der Waals surface area (Å²) < 4.78 is 8.81. The molecule has 1 saturated carbocycles. The summed E-state index contributed by atoms with van der Waals surface area (Å²) in [6.45, 7) is 1.10. The van der Waals surface area contributed by atoms with Crippen LogP contribution >= 0.6 is 0 Å². The molecular formula is C22H27N3O3. The van der Waals surface area contributed by atoms with Crippen LogP contribution in [0.3, 0.4) is 0 Å². The molecule has 148 valence electrons. The van der Waals surface area contributed by atoms with Gasteiger partial charge < -0.3 is 9.30 Å². The van der Waals surface area contributed by atoms with Gasteiger partial charge in [0, 0.05) is 38.6 Å². The van der Waals surface area contributed by atoms with Gasteiger partial charge in [0.2, 0.25) is 5.43 Å². The first-order valence-corrected chi connectivity index (χ1v) is 10.1. The van der Waals surface area contributed by atoms with Gasteiger partial charge in [0.05, 0.1) is 5.52 Å². The second kappa shape index (κ2) is 7.87. The highest BCUT2D eigenvalue weighted by Crippen LogP contribution is 2.32. The first-order chi connectivity index (χ1) is 13.6. The zero-order valence-corrected chi connectivity index (χ0v) is 16.6. The average molecular weight is 381 g/mol. The van der Waals surface area contributed by atoms with Gasteiger partial charge >= 0.3 is 0 Å². The van der Waals surface area contributed by atoms with Crippen molar-refractivity contribution < 1.29 is 4.74 Å². The van der Waals surface area contributed by atoms with Crippen molar-refractivity contribution in [3.63, 3.8) is 0 Å². The van der Waals surface area contributed by atoms with Crippen LogP contribution < -0.4 is 11.0 Å². The molecule has 0 aliphatic heterocycles. The third kappa shape index (κ3) is 3.15. The van der Waals surface area contributed by atoms with E-state index in [4.69, 9.17) is 9.72 Å². The SMILES string of the molecule is COCCCn1c(C2CCCCC2)nc2c(c(=O)c3ccccc3n2C)c1=O. The van der Waals surface area contributed by atoms with Crippen LogP contribution in [0.2, 0.25) is 0 Å². The van der Waals surface area contributed by atoms with Crippen molar-refractivity contribution in [3.05, 3.63) is 50.7 Å². The number of aromatic nitrogens is 3. The van der Waals surface area contributed by atoms with Crippen LogP contribution in [0.4, 0.5) is 0 Å². The molecule has 0 spiro atoms. The quantitative estimate of drug-likeness (QED) is 0.502. The monoisotopic (exact) mass is 381 g/mol. The molecule has 1 aliphatic carbocycles. The number of aryl methyl sites for hydroxylation is 1. The Kier molecular flexibility index (Phi) is 5.31. The molecule has 1 fully saturated rings. The Morgan fingerprint density at radius 2 is 1.89 bits per heavy atom. The molecule has 0 amide bonds. The molecule has 4 rings (SSSR count). The maximum atomic E-state index is 13.5. The largest absolute Gasteiger partial charge is 0.385 e. The van der Waals surface area contributed by atoms with Crippen LogP contribution in [0.1, 0.15) is 50.3 Å². The van der Waals surface area contributed by atoms with Gasteiger partial charge in [-0.25, -0.2) is 4.98 Å². The molecule has 0 N–H and O–H groups in total. The van der Waals surface area contributed by atoms with E-state index in [0.29, 0.717) is 24.2 Å². The number of benzene rings is 1. The van der Waals surface area contributed by atoms with E-state index >= 15 is 0 Å². The number of hydrogen-bond donors (Lipinski definition) is 0. The fourth-order valence-corrected chi connectivity index (χ4v) is 4.46. The highest BCUT2D eigenvalue weighted by atomic mass is 16.5. The predicted molar refractivity (Wildman–Crippen MR) is 111 cm³/mol. The summed E-state index contributed by atoms with van der Waals surface area (Å²) in [5.41, 5.74) is 0.862. The lowest BCUT2D eigenvalue weighted by Gasteiger charge is -2.25. The molecule has 6 heteroatoms. The van der Waals surface area contributed by atoms with Crippen molar-refractivity contribution in [3.8, 4) is 0 Å². The maximum Gasteiger partial charge on any atom is 0.266 e. The summed E-state index contributed by atoms with van der Waals surface area (Å²) in [7, 11) is 3.54. The molecular weight excluding hydrogens is 354 g/mol. The molecule has 6 nitrogen and oxygen atoms in total. The van der Waals surface area contributed by atoms with Crippen molar-refractivity contribution in [1.29, 1.82) is 0 Å². The molecule has 0 radical (unpaired) electrons. The normalized spacial score (nSPS) is 15.5. The van der Waals surface area contributed by atoms with Crippen LogP contribution in [0.5, 0.6) is 0 Å². The molecule has 28 heavy (non-hydrogen) atoms. The lowest BCUT2D eigenvalue weighted by atomic mass is 9.88. The molecule has 2 aromatic heterocycles. The molecule has 2 heterocycles. The van der Waals surface area contributed by atoms with Gasteiger partial charge in [-0.3, -0.25) is 14.2 Å². The maximum absolute atomic E-state index is 13.5. The van der Waals surface area contributed by atoms with Crippen LogP contribution in [0.15, 0.2) is 33.9 Å². The van der Waals surface area contributed by atoms with Crippen molar-refractivity contribution >= 4 is 21.9 Å². The Labute approximate surface area is 163 Å². The smallest absolute Gasteiger partial charge is 0.266 e. The standard InChI is InChI=1S/C22H27N3O3/c1-24-17-12-7-6-11-16(17)19(26)18-21(24)23-20(15-9-4-3-5-10-15)25(22(18)27)13-8-14-28-2/h6-7,11-12,15H,3-5,8-10,13-14H2,1-2H3. The minimum absolute atomic E-state index is 0.193. The van der Waals surface area contributed by atoms with Crippen LogP contribution in [0.25, 0.3) is 21.9 Å². The van der Waals surface area contributed by atoms with E-state index < -0.39 is 0 Å². The number of nitrogens with zero attached hydrogens (tertiary/aromatic N) is 3. The predicted octanol–water partition coefficient (Wildman–Crippen LogP) is 3.33. The minimum Gasteiger partial charge on any atom is -0.385 e. The number of rotatable bonds is 5. The van der Waals surface area contributed by atoms with Gasteiger partial charge in [0.15, 0.2) is 5.65 Å². The fraction of sp³-hybridized carbons (Fsp3) is 0.500. The van der Waals surface area contributed by atoms with Gasteiger partial charge in [-0.1, -0.05) is 31.4 Å². The van der Waals surface area contributed by atoms with Gasteiger partial charge in [0.25, 0.3) is 5.56 Å². The molecule has 3 aromatic rings. The van der Waals surface area contributed by atoms with Crippen molar-refractivity contribution in [1.82, 2.24) is 14.1 Å². The third-order valence-electron chi connectivity index (χ3n) is 5.93. The van der Waals surface area contributed by atoms with Crippen molar-refractivity contribution in [2.75, 3.05) is 13.7 Å². The molecule has 1 aromatic carbocycles. The summed E-state index contributed by atoms with van der Waals surface area (Å²) in [5, 5.41) is 0.753. The second-order valence-electron chi connectivity index (χ2n) is 7.71. The van der Waals surface area contributed by atoms with Gasteiger partial charge in [0.1, 0.15) is 11.2 Å².